The molecule has 1 saturated carbocycles. The molecule has 1 aliphatic carbocycles. The van der Waals surface area contributed by atoms with Crippen LogP contribution in [0.4, 0.5) is 0 Å². The average Bonchev–Trinajstić information content (AvgIpc) is 2.46. The number of Topliss-reactive ketones (excluding diaryl/α,β-unsaturated/α-hetero) is 1. The minimum absolute atomic E-state index is 0.0858. The van der Waals surface area contributed by atoms with Crippen LogP contribution in [0.15, 0.2) is 29.2 Å². The topological polar surface area (TPSA) is 60.4 Å². The van der Waals surface area contributed by atoms with E-state index in [4.69, 9.17) is 4.18 Å². The molecule has 122 valence electrons. The monoisotopic (exact) mass is 324 g/mol. The highest BCUT2D eigenvalue weighted by Gasteiger charge is 2.39. The maximum absolute atomic E-state index is 12.6. The van der Waals surface area contributed by atoms with Crippen LogP contribution in [-0.2, 0) is 19.1 Å². The van der Waals surface area contributed by atoms with Gasteiger partial charge in [0.1, 0.15) is 5.60 Å². The summed E-state index contributed by atoms with van der Waals surface area (Å²) in [5, 5.41) is 0. The Morgan fingerprint density at radius 3 is 2.18 bits per heavy atom. The third-order valence-corrected chi connectivity index (χ3v) is 5.68. The Kier molecular flexibility index (Phi) is 5.07. The van der Waals surface area contributed by atoms with E-state index in [9.17, 15) is 13.2 Å². The molecule has 0 amide bonds. The fourth-order valence-electron chi connectivity index (χ4n) is 2.92. The third-order valence-electron chi connectivity index (χ3n) is 4.20. The van der Waals surface area contributed by atoms with Gasteiger partial charge in [-0.15, -0.1) is 0 Å². The molecule has 0 aliphatic heterocycles. The summed E-state index contributed by atoms with van der Waals surface area (Å²) >= 11 is 0. The number of rotatable bonds is 5. The molecule has 0 unspecified atom stereocenters. The summed E-state index contributed by atoms with van der Waals surface area (Å²) in [4.78, 5) is 12.7. The van der Waals surface area contributed by atoms with E-state index in [1.807, 2.05) is 6.92 Å². The summed E-state index contributed by atoms with van der Waals surface area (Å²) in [7, 11) is -3.94. The van der Waals surface area contributed by atoms with Gasteiger partial charge in [0.2, 0.25) is 0 Å². The highest BCUT2D eigenvalue weighted by atomic mass is 32.2. The molecule has 4 nitrogen and oxygen atoms in total. The summed E-state index contributed by atoms with van der Waals surface area (Å²) in [5.74, 6) is -0.195. The van der Waals surface area contributed by atoms with E-state index in [1.165, 1.54) is 12.1 Å². The number of benzene rings is 1. The zero-order valence-corrected chi connectivity index (χ0v) is 14.3. The number of hydrogen-bond donors (Lipinski definition) is 0. The Morgan fingerprint density at radius 1 is 1.09 bits per heavy atom. The minimum Gasteiger partial charge on any atom is -0.296 e. The first kappa shape index (κ1) is 17.2. The molecule has 0 spiro atoms. The molecular formula is C17H24O4S. The van der Waals surface area contributed by atoms with Gasteiger partial charge in [0.05, 0.1) is 4.90 Å². The highest BCUT2D eigenvalue weighted by molar-refractivity contribution is 7.86. The minimum atomic E-state index is -3.94. The summed E-state index contributed by atoms with van der Waals surface area (Å²) < 4.78 is 30.0. The van der Waals surface area contributed by atoms with Crippen molar-refractivity contribution in [3.8, 4) is 0 Å². The number of hydrogen-bond acceptors (Lipinski definition) is 4. The molecule has 1 fully saturated rings. The van der Waals surface area contributed by atoms with Gasteiger partial charge in [-0.2, -0.15) is 8.42 Å². The fraction of sp³-hybridized carbons (Fsp3) is 0.588. The predicted octanol–water partition coefficient (Wildman–Crippen LogP) is 3.63. The summed E-state index contributed by atoms with van der Waals surface area (Å²) in [6, 6.07) is 6.44. The van der Waals surface area contributed by atoms with Crippen LogP contribution < -0.4 is 0 Å². The van der Waals surface area contributed by atoms with Crippen molar-refractivity contribution in [3.63, 3.8) is 0 Å². The van der Waals surface area contributed by atoms with Crippen LogP contribution >= 0.6 is 0 Å². The molecule has 5 heteroatoms. The molecule has 0 radical (unpaired) electrons. The Hall–Kier alpha value is -1.20. The van der Waals surface area contributed by atoms with Crippen LogP contribution in [-0.4, -0.2) is 19.8 Å². The fourth-order valence-corrected chi connectivity index (χ4v) is 4.12. The summed E-state index contributed by atoms with van der Waals surface area (Å²) in [5.41, 5.74) is -0.359. The van der Waals surface area contributed by atoms with Crippen molar-refractivity contribution in [3.05, 3.63) is 29.8 Å². The Labute approximate surface area is 133 Å². The van der Waals surface area contributed by atoms with Gasteiger partial charge in [0.25, 0.3) is 10.1 Å². The molecule has 22 heavy (non-hydrogen) atoms. The third kappa shape index (κ3) is 3.96. The molecule has 1 aromatic carbocycles. The first-order valence-corrected chi connectivity index (χ1v) is 9.20. The Morgan fingerprint density at radius 2 is 1.64 bits per heavy atom. The molecule has 0 heterocycles. The summed E-state index contributed by atoms with van der Waals surface area (Å²) in [6.07, 6.45) is 4.85. The van der Waals surface area contributed by atoms with Gasteiger partial charge >= 0.3 is 0 Å². The number of ketones is 1. The zero-order valence-electron chi connectivity index (χ0n) is 13.5. The van der Waals surface area contributed by atoms with E-state index in [0.717, 1.165) is 37.7 Å². The summed E-state index contributed by atoms with van der Waals surface area (Å²) in [6.45, 7) is 4.99. The molecule has 0 aromatic heterocycles. The second-order valence-corrected chi connectivity index (χ2v) is 8.11. The van der Waals surface area contributed by atoms with Crippen molar-refractivity contribution >= 4 is 15.9 Å². The van der Waals surface area contributed by atoms with Crippen LogP contribution in [0.2, 0.25) is 0 Å². The van der Waals surface area contributed by atoms with Gasteiger partial charge in [0, 0.05) is 5.92 Å². The van der Waals surface area contributed by atoms with Crippen molar-refractivity contribution < 1.29 is 17.4 Å². The van der Waals surface area contributed by atoms with Gasteiger partial charge in [-0.3, -0.25) is 8.98 Å². The smallest absolute Gasteiger partial charge is 0.296 e. The lowest BCUT2D eigenvalue weighted by Gasteiger charge is -2.29. The van der Waals surface area contributed by atoms with Crippen LogP contribution in [0.5, 0.6) is 0 Å². The van der Waals surface area contributed by atoms with Gasteiger partial charge < -0.3 is 0 Å². The van der Waals surface area contributed by atoms with E-state index >= 15 is 0 Å². The highest BCUT2D eigenvalue weighted by Crippen LogP contribution is 2.31. The van der Waals surface area contributed by atoms with Gasteiger partial charge in [0.15, 0.2) is 5.78 Å². The van der Waals surface area contributed by atoms with Crippen LogP contribution in [0, 0.1) is 12.8 Å². The lowest BCUT2D eigenvalue weighted by molar-refractivity contribution is -0.136. The van der Waals surface area contributed by atoms with E-state index in [0.29, 0.717) is 0 Å². The molecule has 1 aliphatic rings. The second-order valence-electron chi connectivity index (χ2n) is 6.56. The molecule has 2 rings (SSSR count). The van der Waals surface area contributed by atoms with E-state index in [1.54, 1.807) is 26.0 Å². The van der Waals surface area contributed by atoms with E-state index < -0.39 is 15.7 Å². The van der Waals surface area contributed by atoms with Gasteiger partial charge in [-0.05, 0) is 45.7 Å². The number of aryl methyl sites for hydroxylation is 1. The first-order valence-electron chi connectivity index (χ1n) is 7.79. The molecular weight excluding hydrogens is 300 g/mol. The largest absolute Gasteiger partial charge is 0.297 e. The average molecular weight is 324 g/mol. The number of carbonyl (C=O) groups excluding carboxylic acids is 1. The van der Waals surface area contributed by atoms with Gasteiger partial charge in [-0.1, -0.05) is 37.0 Å². The van der Waals surface area contributed by atoms with Crippen molar-refractivity contribution in [2.24, 2.45) is 5.92 Å². The van der Waals surface area contributed by atoms with Crippen molar-refractivity contribution in [2.45, 2.75) is 63.4 Å². The zero-order chi connectivity index (χ0) is 16.4. The molecule has 0 saturated heterocycles. The molecule has 0 N–H and O–H groups in total. The molecule has 1 aromatic rings. The number of carbonyl (C=O) groups is 1. The first-order chi connectivity index (χ1) is 10.2. The molecule has 0 bridgehead atoms. The molecule has 0 atom stereocenters. The second kappa shape index (κ2) is 6.50. The Bertz CT molecular complexity index is 623. The SMILES string of the molecule is Cc1ccc(S(=O)(=O)OC(C)(C)C(=O)C2CCCCC2)cc1. The maximum atomic E-state index is 12.6. The standard InChI is InChI=1S/C17H24O4S/c1-13-9-11-15(12-10-13)22(19,20)21-17(2,3)16(18)14-7-5-4-6-8-14/h9-12,14H,4-8H2,1-3H3. The quantitative estimate of drug-likeness (QED) is 0.776. The van der Waals surface area contributed by atoms with E-state index in [2.05, 4.69) is 0 Å². The lowest BCUT2D eigenvalue weighted by Crippen LogP contribution is -2.42. The lowest BCUT2D eigenvalue weighted by atomic mass is 9.81. The van der Waals surface area contributed by atoms with Crippen molar-refractivity contribution in [2.75, 3.05) is 0 Å². The van der Waals surface area contributed by atoms with Crippen molar-refractivity contribution in [1.82, 2.24) is 0 Å². The predicted molar refractivity (Wildman–Crippen MR) is 85.1 cm³/mol. The van der Waals surface area contributed by atoms with Gasteiger partial charge in [-0.25, -0.2) is 0 Å². The van der Waals surface area contributed by atoms with Crippen molar-refractivity contribution in [1.29, 1.82) is 0 Å². The van der Waals surface area contributed by atoms with Crippen LogP contribution in [0.25, 0.3) is 0 Å². The van der Waals surface area contributed by atoms with Crippen LogP contribution in [0.3, 0.4) is 0 Å². The normalized spacial score (nSPS) is 17.4. The van der Waals surface area contributed by atoms with E-state index in [-0.39, 0.29) is 16.6 Å². The van der Waals surface area contributed by atoms with Crippen LogP contribution in [0.1, 0.15) is 51.5 Å². The Balaban J connectivity index is 2.15. The maximum Gasteiger partial charge on any atom is 0.297 e.